The van der Waals surface area contributed by atoms with E-state index in [4.69, 9.17) is 5.73 Å². The zero-order valence-corrected chi connectivity index (χ0v) is 10.2. The first kappa shape index (κ1) is 11.5. The van der Waals surface area contributed by atoms with Crippen LogP contribution in [0.3, 0.4) is 0 Å². The minimum Gasteiger partial charge on any atom is -0.507 e. The first-order chi connectivity index (χ1) is 8.65. The lowest BCUT2D eigenvalue weighted by Crippen LogP contribution is -2.37. The molecule has 4 nitrogen and oxygen atoms in total. The predicted octanol–water partition coefficient (Wildman–Crippen LogP) is 1.49. The molecule has 96 valence electrons. The van der Waals surface area contributed by atoms with Gasteiger partial charge >= 0.3 is 0 Å². The quantitative estimate of drug-likeness (QED) is 0.740. The second-order valence-electron chi connectivity index (χ2n) is 5.41. The lowest BCUT2D eigenvalue weighted by atomic mass is 9.85. The second kappa shape index (κ2) is 4.28. The number of hydrogen-bond acceptors (Lipinski definition) is 3. The maximum absolute atomic E-state index is 11.2. The molecule has 2 bridgehead atoms. The third kappa shape index (κ3) is 1.86. The van der Waals surface area contributed by atoms with Crippen LogP contribution in [-0.2, 0) is 0 Å². The van der Waals surface area contributed by atoms with E-state index in [2.05, 4.69) is 5.32 Å². The number of amides is 1. The molecule has 3 rings (SSSR count). The van der Waals surface area contributed by atoms with Crippen LogP contribution in [-0.4, -0.2) is 23.1 Å². The summed E-state index contributed by atoms with van der Waals surface area (Å²) in [4.78, 5) is 11.2. The Hall–Kier alpha value is -1.55. The highest BCUT2D eigenvalue weighted by atomic mass is 16.3. The predicted molar refractivity (Wildman–Crippen MR) is 68.5 cm³/mol. The Morgan fingerprint density at radius 3 is 2.56 bits per heavy atom. The topological polar surface area (TPSA) is 75.4 Å². The average Bonchev–Trinajstić information content (AvgIpc) is 2.68. The number of carbonyl (C=O) groups is 1. The maximum Gasteiger partial charge on any atom is 0.252 e. The third-order valence-corrected chi connectivity index (χ3v) is 4.25. The number of aromatic hydroxyl groups is 1. The fourth-order valence-corrected chi connectivity index (χ4v) is 3.40. The standard InChI is InChI=1S/C14H18N2O2/c15-14(18)12-3-1-2-11(13(12)17)8-6-9-4-5-10(7-8)16-9/h1-3,8-10,16-17H,4-7H2,(H2,15,18)/t9-,10-/m0/s1. The van der Waals surface area contributed by atoms with E-state index in [1.807, 2.05) is 6.07 Å². The van der Waals surface area contributed by atoms with Crippen molar-refractivity contribution >= 4 is 5.91 Å². The number of carbonyl (C=O) groups excluding carboxylic acids is 1. The van der Waals surface area contributed by atoms with Crippen LogP contribution in [0.15, 0.2) is 18.2 Å². The Morgan fingerprint density at radius 1 is 1.28 bits per heavy atom. The highest BCUT2D eigenvalue weighted by Crippen LogP contribution is 2.41. The van der Waals surface area contributed by atoms with Crippen molar-refractivity contribution in [3.05, 3.63) is 29.3 Å². The number of phenols is 1. The van der Waals surface area contributed by atoms with E-state index in [1.54, 1.807) is 12.1 Å². The molecule has 0 aromatic heterocycles. The molecule has 1 aromatic carbocycles. The summed E-state index contributed by atoms with van der Waals surface area (Å²) in [6, 6.07) is 6.42. The van der Waals surface area contributed by atoms with Crippen LogP contribution in [0.1, 0.15) is 47.5 Å². The highest BCUT2D eigenvalue weighted by molar-refractivity contribution is 5.96. The van der Waals surface area contributed by atoms with Gasteiger partial charge in [-0.15, -0.1) is 0 Å². The molecule has 0 unspecified atom stereocenters. The first-order valence-corrected chi connectivity index (χ1v) is 6.53. The van der Waals surface area contributed by atoms with Crippen molar-refractivity contribution < 1.29 is 9.90 Å². The summed E-state index contributed by atoms with van der Waals surface area (Å²) >= 11 is 0. The average molecular weight is 246 g/mol. The zero-order valence-electron chi connectivity index (χ0n) is 10.2. The van der Waals surface area contributed by atoms with Gasteiger partial charge in [0, 0.05) is 12.1 Å². The fourth-order valence-electron chi connectivity index (χ4n) is 3.40. The molecule has 0 aliphatic carbocycles. The van der Waals surface area contributed by atoms with E-state index in [9.17, 15) is 9.90 Å². The van der Waals surface area contributed by atoms with Crippen molar-refractivity contribution in [3.8, 4) is 5.75 Å². The van der Waals surface area contributed by atoms with Crippen LogP contribution < -0.4 is 11.1 Å². The van der Waals surface area contributed by atoms with Gasteiger partial charge in [0.15, 0.2) is 0 Å². The van der Waals surface area contributed by atoms with E-state index < -0.39 is 5.91 Å². The number of primary amides is 1. The van der Waals surface area contributed by atoms with Crippen molar-refractivity contribution in [3.63, 3.8) is 0 Å². The van der Waals surface area contributed by atoms with Crippen LogP contribution in [0.2, 0.25) is 0 Å². The van der Waals surface area contributed by atoms with E-state index in [1.165, 1.54) is 12.8 Å². The SMILES string of the molecule is NC(=O)c1cccc(C2C[C@@H]3CC[C@@H](C2)N3)c1O. The van der Waals surface area contributed by atoms with Gasteiger partial charge in [-0.05, 0) is 43.2 Å². The number of rotatable bonds is 2. The largest absolute Gasteiger partial charge is 0.507 e. The van der Waals surface area contributed by atoms with Crippen molar-refractivity contribution in [1.82, 2.24) is 5.32 Å². The molecule has 0 saturated carbocycles. The first-order valence-electron chi connectivity index (χ1n) is 6.53. The molecule has 0 radical (unpaired) electrons. The summed E-state index contributed by atoms with van der Waals surface area (Å²) in [5.74, 6) is -0.148. The lowest BCUT2D eigenvalue weighted by Gasteiger charge is -2.30. The van der Waals surface area contributed by atoms with Gasteiger partial charge in [-0.3, -0.25) is 4.79 Å². The molecule has 1 amide bonds. The van der Waals surface area contributed by atoms with E-state index >= 15 is 0 Å². The minimum absolute atomic E-state index is 0.0799. The van der Waals surface area contributed by atoms with Crippen LogP contribution in [0.5, 0.6) is 5.75 Å². The van der Waals surface area contributed by atoms with Crippen molar-refractivity contribution in [2.45, 2.75) is 43.7 Å². The molecule has 1 aromatic rings. The Balaban J connectivity index is 1.92. The number of para-hydroxylation sites is 1. The Bertz CT molecular complexity index is 475. The van der Waals surface area contributed by atoms with Crippen LogP contribution >= 0.6 is 0 Å². The van der Waals surface area contributed by atoms with E-state index in [0.717, 1.165) is 18.4 Å². The van der Waals surface area contributed by atoms with Gasteiger partial charge in [0.1, 0.15) is 5.75 Å². The Kier molecular flexibility index (Phi) is 2.74. The number of nitrogens with one attached hydrogen (secondary N) is 1. The summed E-state index contributed by atoms with van der Waals surface area (Å²) in [6.45, 7) is 0. The molecular weight excluding hydrogens is 228 g/mol. The molecule has 18 heavy (non-hydrogen) atoms. The van der Waals surface area contributed by atoms with Gasteiger partial charge in [0.05, 0.1) is 5.56 Å². The monoisotopic (exact) mass is 246 g/mol. The summed E-state index contributed by atoms with van der Waals surface area (Å²) in [7, 11) is 0. The summed E-state index contributed by atoms with van der Waals surface area (Å²) < 4.78 is 0. The lowest BCUT2D eigenvalue weighted by molar-refractivity contribution is 0.0997. The molecule has 2 heterocycles. The number of piperidine rings is 1. The van der Waals surface area contributed by atoms with Gasteiger partial charge in [0.2, 0.25) is 0 Å². The second-order valence-corrected chi connectivity index (χ2v) is 5.41. The summed E-state index contributed by atoms with van der Waals surface area (Å²) in [5, 5.41) is 13.8. The van der Waals surface area contributed by atoms with E-state index in [-0.39, 0.29) is 11.3 Å². The van der Waals surface area contributed by atoms with Crippen molar-refractivity contribution in [2.75, 3.05) is 0 Å². The number of nitrogens with two attached hydrogens (primary N) is 1. The third-order valence-electron chi connectivity index (χ3n) is 4.25. The number of hydrogen-bond donors (Lipinski definition) is 3. The Labute approximate surface area is 106 Å². The van der Waals surface area contributed by atoms with Crippen molar-refractivity contribution in [2.24, 2.45) is 5.73 Å². The molecule has 2 fully saturated rings. The molecule has 2 atom stereocenters. The molecule has 2 saturated heterocycles. The van der Waals surface area contributed by atoms with Crippen LogP contribution in [0.4, 0.5) is 0 Å². The fraction of sp³-hybridized carbons (Fsp3) is 0.500. The molecule has 4 N–H and O–H groups in total. The van der Waals surface area contributed by atoms with Crippen LogP contribution in [0.25, 0.3) is 0 Å². The Morgan fingerprint density at radius 2 is 1.94 bits per heavy atom. The number of fused-ring (bicyclic) bond motifs is 2. The molecular formula is C14H18N2O2. The van der Waals surface area contributed by atoms with Gasteiger partial charge < -0.3 is 16.2 Å². The van der Waals surface area contributed by atoms with Crippen molar-refractivity contribution in [1.29, 1.82) is 0 Å². The molecule has 4 heteroatoms. The zero-order chi connectivity index (χ0) is 12.7. The van der Waals surface area contributed by atoms with Gasteiger partial charge in [-0.1, -0.05) is 12.1 Å². The normalized spacial score (nSPS) is 30.3. The smallest absolute Gasteiger partial charge is 0.252 e. The minimum atomic E-state index is -0.564. The summed E-state index contributed by atoms with van der Waals surface area (Å²) in [6.07, 6.45) is 4.51. The van der Waals surface area contributed by atoms with Crippen LogP contribution in [0, 0.1) is 0 Å². The van der Waals surface area contributed by atoms with E-state index in [0.29, 0.717) is 18.0 Å². The maximum atomic E-state index is 11.2. The number of benzene rings is 1. The highest BCUT2D eigenvalue weighted by Gasteiger charge is 2.35. The molecule has 2 aliphatic rings. The molecule has 0 spiro atoms. The summed E-state index contributed by atoms with van der Waals surface area (Å²) in [5.41, 5.74) is 6.38. The van der Waals surface area contributed by atoms with Gasteiger partial charge in [-0.25, -0.2) is 0 Å². The van der Waals surface area contributed by atoms with Gasteiger partial charge in [0.25, 0.3) is 5.91 Å². The van der Waals surface area contributed by atoms with Gasteiger partial charge in [-0.2, -0.15) is 0 Å². The molecule has 2 aliphatic heterocycles.